The summed E-state index contributed by atoms with van der Waals surface area (Å²) in [6, 6.07) is 6.31. The van der Waals surface area contributed by atoms with Gasteiger partial charge in [0.05, 0.1) is 23.4 Å². The third-order valence-corrected chi connectivity index (χ3v) is 4.39. The lowest BCUT2D eigenvalue weighted by molar-refractivity contribution is -0.129. The Morgan fingerprint density at radius 2 is 1.87 bits per heavy atom. The van der Waals surface area contributed by atoms with Gasteiger partial charge < -0.3 is 15.2 Å². The van der Waals surface area contributed by atoms with Gasteiger partial charge in [0.15, 0.2) is 17.4 Å². The normalized spacial score (nSPS) is 11.4. The Morgan fingerprint density at radius 1 is 1.07 bits per heavy atom. The van der Waals surface area contributed by atoms with Gasteiger partial charge in [0.2, 0.25) is 11.8 Å². The van der Waals surface area contributed by atoms with Gasteiger partial charge in [-0.15, -0.1) is 0 Å². The number of nitrogens with one attached hydrogen (secondary N) is 1. The van der Waals surface area contributed by atoms with Gasteiger partial charge in [0.1, 0.15) is 0 Å². The molecule has 1 aromatic carbocycles. The van der Waals surface area contributed by atoms with E-state index >= 15 is 0 Å². The van der Waals surface area contributed by atoms with Crippen LogP contribution in [0.15, 0.2) is 42.7 Å². The molecule has 0 radical (unpaired) electrons. The van der Waals surface area contributed by atoms with Crippen molar-refractivity contribution < 1.29 is 26.7 Å². The van der Waals surface area contributed by atoms with Crippen LogP contribution in [-0.2, 0) is 0 Å². The first-order valence-electron chi connectivity index (χ1n) is 8.38. The van der Waals surface area contributed by atoms with Gasteiger partial charge in [-0.05, 0) is 18.2 Å². The molecule has 12 heteroatoms. The number of rotatable bonds is 7. The van der Waals surface area contributed by atoms with E-state index < -0.39 is 30.0 Å². The Bertz CT molecular complexity index is 1030. The van der Waals surface area contributed by atoms with Gasteiger partial charge in [-0.3, -0.25) is 0 Å². The van der Waals surface area contributed by atoms with E-state index in [1.807, 2.05) is 0 Å². The molecule has 3 N–H and O–H groups in total. The molecule has 3 rings (SSSR count). The minimum atomic E-state index is -4.33. The fourth-order valence-electron chi connectivity index (χ4n) is 2.28. The molecular weight excluding hydrogens is 429 g/mol. The maximum Gasteiger partial charge on any atom is 0.389 e. The zero-order chi connectivity index (χ0) is 21.7. The average molecular weight is 443 g/mol. The van der Waals surface area contributed by atoms with Crippen LogP contribution in [-0.4, -0.2) is 26.9 Å². The maximum absolute atomic E-state index is 14.4. The van der Waals surface area contributed by atoms with Crippen LogP contribution in [0.5, 0.6) is 11.6 Å². The van der Waals surface area contributed by atoms with Crippen LogP contribution < -0.4 is 15.2 Å². The van der Waals surface area contributed by atoms with Crippen LogP contribution in [0.4, 0.5) is 33.6 Å². The molecular formula is C18H14F5N5OS. The van der Waals surface area contributed by atoms with Crippen LogP contribution in [0, 0.1) is 11.6 Å². The van der Waals surface area contributed by atoms with E-state index in [-0.39, 0.29) is 23.3 Å². The summed E-state index contributed by atoms with van der Waals surface area (Å²) in [6.07, 6.45) is -2.58. The van der Waals surface area contributed by atoms with E-state index in [2.05, 4.69) is 19.7 Å². The van der Waals surface area contributed by atoms with Crippen molar-refractivity contribution in [2.24, 2.45) is 0 Å². The van der Waals surface area contributed by atoms with E-state index in [4.69, 9.17) is 10.5 Å². The lowest BCUT2D eigenvalue weighted by atomic mass is 10.2. The minimum absolute atomic E-state index is 0.0120. The molecule has 0 aliphatic carbocycles. The first kappa shape index (κ1) is 21.6. The molecule has 0 amide bonds. The van der Waals surface area contributed by atoms with E-state index in [1.165, 1.54) is 12.4 Å². The summed E-state index contributed by atoms with van der Waals surface area (Å²) in [5.74, 6) is -2.70. The van der Waals surface area contributed by atoms with Crippen molar-refractivity contribution in [2.45, 2.75) is 12.6 Å². The molecule has 0 aliphatic heterocycles. The van der Waals surface area contributed by atoms with Gasteiger partial charge in [0, 0.05) is 30.3 Å². The monoisotopic (exact) mass is 443 g/mol. The number of pyridine rings is 1. The number of hydrogen-bond donors (Lipinski definition) is 2. The predicted molar refractivity (Wildman–Crippen MR) is 103 cm³/mol. The van der Waals surface area contributed by atoms with Gasteiger partial charge >= 0.3 is 6.18 Å². The van der Waals surface area contributed by atoms with Gasteiger partial charge in [-0.25, -0.2) is 23.7 Å². The van der Waals surface area contributed by atoms with Crippen molar-refractivity contribution in [2.75, 3.05) is 16.2 Å². The average Bonchev–Trinajstić information content (AvgIpc) is 2.68. The Labute approximate surface area is 171 Å². The molecule has 0 saturated carbocycles. The molecule has 0 aliphatic rings. The van der Waals surface area contributed by atoms with Gasteiger partial charge in [-0.2, -0.15) is 13.2 Å². The summed E-state index contributed by atoms with van der Waals surface area (Å²) in [5, 5.41) is 0. The van der Waals surface area contributed by atoms with Crippen LogP contribution in [0.1, 0.15) is 6.42 Å². The lowest BCUT2D eigenvalue weighted by Gasteiger charge is -2.13. The van der Waals surface area contributed by atoms with Gasteiger partial charge in [-0.1, -0.05) is 11.9 Å². The maximum atomic E-state index is 14.4. The number of nitrogen functional groups attached to an aromatic ring is 1. The third kappa shape index (κ3) is 5.69. The highest BCUT2D eigenvalue weighted by molar-refractivity contribution is 8.00. The second-order valence-electron chi connectivity index (χ2n) is 5.84. The first-order chi connectivity index (χ1) is 14.2. The smallest absolute Gasteiger partial charge is 0.389 e. The highest BCUT2D eigenvalue weighted by Gasteiger charge is 2.26. The fourth-order valence-corrected chi connectivity index (χ4v) is 3.02. The van der Waals surface area contributed by atoms with Crippen LogP contribution in [0.3, 0.4) is 0 Å². The van der Waals surface area contributed by atoms with E-state index in [0.717, 1.165) is 12.1 Å². The molecule has 0 atom stereocenters. The number of alkyl halides is 3. The van der Waals surface area contributed by atoms with Crippen molar-refractivity contribution >= 4 is 23.6 Å². The van der Waals surface area contributed by atoms with Crippen molar-refractivity contribution in [3.05, 3.63) is 54.4 Å². The largest absolute Gasteiger partial charge is 0.435 e. The molecule has 158 valence electrons. The van der Waals surface area contributed by atoms with Crippen LogP contribution in [0.25, 0.3) is 11.3 Å². The van der Waals surface area contributed by atoms with Gasteiger partial charge in [0.25, 0.3) is 0 Å². The lowest BCUT2D eigenvalue weighted by Crippen LogP contribution is -2.09. The van der Waals surface area contributed by atoms with Crippen molar-refractivity contribution in [1.29, 1.82) is 0 Å². The zero-order valence-corrected chi connectivity index (χ0v) is 15.9. The fraction of sp³-hybridized carbons (Fsp3) is 0.167. The number of ether oxygens (including phenoxy) is 1. The van der Waals surface area contributed by atoms with Crippen LogP contribution >= 0.6 is 11.9 Å². The Kier molecular flexibility index (Phi) is 6.55. The van der Waals surface area contributed by atoms with Crippen molar-refractivity contribution in [1.82, 2.24) is 15.0 Å². The molecule has 30 heavy (non-hydrogen) atoms. The summed E-state index contributed by atoms with van der Waals surface area (Å²) < 4.78 is 72.9. The minimum Gasteiger partial charge on any atom is -0.435 e. The Morgan fingerprint density at radius 3 is 2.60 bits per heavy atom. The topological polar surface area (TPSA) is 86.0 Å². The number of aromatic nitrogens is 3. The standard InChI is InChI=1S/C18H14F5N5OS/c19-11-9-15(12(20)8-14(11)28-30-7-4-18(21,22)23)29-16-10(2-1-5-25-16)13-3-6-26-17(24)27-13/h1-3,5-6,8-9,28H,4,7H2,(H2,24,26,27). The Hall–Kier alpha value is -3.15. The second kappa shape index (κ2) is 9.11. The number of benzene rings is 1. The van der Waals surface area contributed by atoms with Crippen LogP contribution in [0.2, 0.25) is 0 Å². The quantitative estimate of drug-likeness (QED) is 0.295. The molecule has 0 saturated heterocycles. The van der Waals surface area contributed by atoms with Crippen molar-refractivity contribution in [3.63, 3.8) is 0 Å². The first-order valence-corrected chi connectivity index (χ1v) is 9.37. The molecule has 2 aromatic heterocycles. The summed E-state index contributed by atoms with van der Waals surface area (Å²) in [4.78, 5) is 11.8. The number of nitrogens with zero attached hydrogens (tertiary/aromatic N) is 3. The number of anilines is 2. The molecule has 3 aromatic rings. The molecule has 0 unspecified atom stereocenters. The second-order valence-corrected chi connectivity index (χ2v) is 6.74. The number of hydrogen-bond acceptors (Lipinski definition) is 7. The molecule has 6 nitrogen and oxygen atoms in total. The highest BCUT2D eigenvalue weighted by atomic mass is 32.2. The van der Waals surface area contributed by atoms with E-state index in [1.54, 1.807) is 18.2 Å². The highest BCUT2D eigenvalue weighted by Crippen LogP contribution is 2.34. The predicted octanol–water partition coefficient (Wildman–Crippen LogP) is 5.20. The third-order valence-electron chi connectivity index (χ3n) is 3.62. The molecule has 0 fully saturated rings. The molecule has 0 bridgehead atoms. The van der Waals surface area contributed by atoms with E-state index in [9.17, 15) is 22.0 Å². The molecule has 2 heterocycles. The summed E-state index contributed by atoms with van der Waals surface area (Å²) in [6.45, 7) is 0. The van der Waals surface area contributed by atoms with Crippen molar-refractivity contribution in [3.8, 4) is 22.9 Å². The SMILES string of the molecule is Nc1nccc(-c2cccnc2Oc2cc(F)c(NSCCC(F)(F)F)cc2F)n1. The summed E-state index contributed by atoms with van der Waals surface area (Å²) in [7, 11) is 0. The number of halogens is 5. The summed E-state index contributed by atoms with van der Waals surface area (Å²) >= 11 is 0.611. The zero-order valence-electron chi connectivity index (χ0n) is 15.1. The summed E-state index contributed by atoms with van der Waals surface area (Å²) in [5.41, 5.74) is 6.00. The molecule has 0 spiro atoms. The number of nitrogens with two attached hydrogens (primary N) is 1. The van der Waals surface area contributed by atoms with E-state index in [0.29, 0.717) is 23.2 Å². The Balaban J connectivity index is 1.78.